The highest BCUT2D eigenvalue weighted by molar-refractivity contribution is 6.35. The van der Waals surface area contributed by atoms with Crippen LogP contribution in [0.1, 0.15) is 24.1 Å². The molecule has 0 spiro atoms. The molecule has 6 nitrogen and oxygen atoms in total. The number of hydrogen-bond donors (Lipinski definition) is 2. The van der Waals surface area contributed by atoms with Gasteiger partial charge in [-0.3, -0.25) is 9.59 Å². The van der Waals surface area contributed by atoms with E-state index in [2.05, 4.69) is 10.6 Å². The zero-order valence-electron chi connectivity index (χ0n) is 15.5. The molecule has 2 aromatic carbocycles. The monoisotopic (exact) mass is 374 g/mol. The highest BCUT2D eigenvalue weighted by atomic mass is 19.1. The van der Waals surface area contributed by atoms with Gasteiger partial charge < -0.3 is 20.1 Å². The van der Waals surface area contributed by atoms with E-state index in [1.165, 1.54) is 19.2 Å². The summed E-state index contributed by atoms with van der Waals surface area (Å²) < 4.78 is 23.3. The number of halogens is 1. The second-order valence-electron chi connectivity index (χ2n) is 5.94. The molecule has 1 unspecified atom stereocenters. The molecule has 2 amide bonds. The van der Waals surface area contributed by atoms with Crippen molar-refractivity contribution in [1.29, 1.82) is 0 Å². The van der Waals surface area contributed by atoms with E-state index in [0.29, 0.717) is 17.9 Å². The minimum atomic E-state index is -0.726. The van der Waals surface area contributed by atoms with Crippen molar-refractivity contribution in [2.75, 3.05) is 20.8 Å². The molecule has 0 aliphatic carbocycles. The Bertz CT molecular complexity index is 793. The first-order chi connectivity index (χ1) is 12.9. The van der Waals surface area contributed by atoms with Crippen molar-refractivity contribution in [1.82, 2.24) is 10.6 Å². The summed E-state index contributed by atoms with van der Waals surface area (Å²) in [5.41, 5.74) is 1.65. The molecule has 0 aliphatic heterocycles. The first-order valence-electron chi connectivity index (χ1n) is 8.49. The van der Waals surface area contributed by atoms with E-state index in [4.69, 9.17) is 9.47 Å². The van der Waals surface area contributed by atoms with Crippen LogP contribution in [-0.2, 0) is 16.0 Å². The molecule has 7 heteroatoms. The normalized spacial score (nSPS) is 11.4. The van der Waals surface area contributed by atoms with Crippen molar-refractivity contribution < 1.29 is 23.5 Å². The molecule has 0 fully saturated rings. The highest BCUT2D eigenvalue weighted by Crippen LogP contribution is 2.29. The Balaban J connectivity index is 1.86. The molecule has 0 saturated carbocycles. The molecule has 27 heavy (non-hydrogen) atoms. The van der Waals surface area contributed by atoms with Crippen LogP contribution < -0.4 is 20.1 Å². The quantitative estimate of drug-likeness (QED) is 0.730. The molecular formula is C20H23FN2O4. The largest absolute Gasteiger partial charge is 0.493 e. The fraction of sp³-hybridized carbons (Fsp3) is 0.300. The average molecular weight is 374 g/mol. The number of hydrogen-bond acceptors (Lipinski definition) is 4. The summed E-state index contributed by atoms with van der Waals surface area (Å²) in [5.74, 6) is -0.634. The number of benzene rings is 2. The lowest BCUT2D eigenvalue weighted by Crippen LogP contribution is -2.41. The predicted molar refractivity (Wildman–Crippen MR) is 99.2 cm³/mol. The van der Waals surface area contributed by atoms with Gasteiger partial charge in [0.1, 0.15) is 5.82 Å². The standard InChI is InChI=1S/C20H23FN2O4/c1-13(15-6-9-17(26-2)18(12-15)27-3)23-20(25)19(24)22-11-10-14-4-7-16(21)8-5-14/h4-9,12-13H,10-11H2,1-3H3,(H,22,24)(H,23,25). The molecule has 2 aromatic rings. The summed E-state index contributed by atoms with van der Waals surface area (Å²) in [6.45, 7) is 2.05. The third kappa shape index (κ3) is 5.70. The summed E-state index contributed by atoms with van der Waals surface area (Å²) in [6.07, 6.45) is 0.504. The van der Waals surface area contributed by atoms with Gasteiger partial charge in [0.15, 0.2) is 11.5 Å². The molecule has 0 aliphatic rings. The first kappa shape index (κ1) is 20.2. The fourth-order valence-electron chi connectivity index (χ4n) is 2.52. The number of ether oxygens (including phenoxy) is 2. The van der Waals surface area contributed by atoms with Crippen LogP contribution in [0.3, 0.4) is 0 Å². The number of rotatable bonds is 7. The SMILES string of the molecule is COc1ccc(C(C)NC(=O)C(=O)NCCc2ccc(F)cc2)cc1OC. The second kappa shape index (κ2) is 9.56. The summed E-state index contributed by atoms with van der Waals surface area (Å²) in [7, 11) is 3.07. The van der Waals surface area contributed by atoms with Gasteiger partial charge in [-0.1, -0.05) is 18.2 Å². The van der Waals surface area contributed by atoms with Crippen LogP contribution in [0.15, 0.2) is 42.5 Å². The van der Waals surface area contributed by atoms with Gasteiger partial charge in [0, 0.05) is 6.54 Å². The lowest BCUT2D eigenvalue weighted by atomic mass is 10.1. The average Bonchev–Trinajstić information content (AvgIpc) is 2.68. The number of carbonyl (C=O) groups is 2. The Morgan fingerprint density at radius 1 is 1.00 bits per heavy atom. The Labute approximate surface area is 157 Å². The second-order valence-corrected chi connectivity index (χ2v) is 5.94. The maximum Gasteiger partial charge on any atom is 0.309 e. The Morgan fingerprint density at radius 2 is 1.67 bits per heavy atom. The lowest BCUT2D eigenvalue weighted by molar-refractivity contribution is -0.139. The van der Waals surface area contributed by atoms with Gasteiger partial charge in [-0.25, -0.2) is 4.39 Å². The fourth-order valence-corrected chi connectivity index (χ4v) is 2.52. The minimum absolute atomic E-state index is 0.280. The van der Waals surface area contributed by atoms with E-state index >= 15 is 0 Å². The third-order valence-electron chi connectivity index (χ3n) is 4.07. The Morgan fingerprint density at radius 3 is 2.30 bits per heavy atom. The van der Waals surface area contributed by atoms with Gasteiger partial charge in [-0.05, 0) is 48.7 Å². The lowest BCUT2D eigenvalue weighted by Gasteiger charge is -2.16. The van der Waals surface area contributed by atoms with Gasteiger partial charge in [0.05, 0.1) is 20.3 Å². The Kier molecular flexibility index (Phi) is 7.16. The summed E-state index contributed by atoms with van der Waals surface area (Å²) in [6, 6.07) is 10.9. The van der Waals surface area contributed by atoms with Crippen LogP contribution in [0, 0.1) is 5.82 Å². The molecule has 0 saturated heterocycles. The molecular weight excluding hydrogens is 351 g/mol. The number of amides is 2. The van der Waals surface area contributed by atoms with Crippen molar-refractivity contribution >= 4 is 11.8 Å². The van der Waals surface area contributed by atoms with Crippen LogP contribution in [0.2, 0.25) is 0 Å². The summed E-state index contributed by atoms with van der Waals surface area (Å²) in [4.78, 5) is 24.0. The number of methoxy groups -OCH3 is 2. The van der Waals surface area contributed by atoms with E-state index in [-0.39, 0.29) is 18.4 Å². The molecule has 144 valence electrons. The van der Waals surface area contributed by atoms with E-state index in [1.54, 1.807) is 44.4 Å². The maximum atomic E-state index is 12.9. The smallest absolute Gasteiger partial charge is 0.309 e. The van der Waals surface area contributed by atoms with Gasteiger partial charge in [-0.15, -0.1) is 0 Å². The number of carbonyl (C=O) groups excluding carboxylic acids is 2. The van der Waals surface area contributed by atoms with Crippen LogP contribution in [0.4, 0.5) is 4.39 Å². The molecule has 0 heterocycles. The van der Waals surface area contributed by atoms with Crippen molar-refractivity contribution in [2.45, 2.75) is 19.4 Å². The summed E-state index contributed by atoms with van der Waals surface area (Å²) >= 11 is 0. The van der Waals surface area contributed by atoms with Crippen molar-refractivity contribution in [3.63, 3.8) is 0 Å². The van der Waals surface area contributed by atoms with Gasteiger partial charge in [0.2, 0.25) is 0 Å². The predicted octanol–water partition coefficient (Wildman–Crippen LogP) is 2.38. The van der Waals surface area contributed by atoms with E-state index in [0.717, 1.165) is 11.1 Å². The molecule has 0 aromatic heterocycles. The zero-order chi connectivity index (χ0) is 19.8. The Hall–Kier alpha value is -3.09. The van der Waals surface area contributed by atoms with Gasteiger partial charge in [-0.2, -0.15) is 0 Å². The van der Waals surface area contributed by atoms with Crippen molar-refractivity contribution in [2.24, 2.45) is 0 Å². The van der Waals surface area contributed by atoms with Crippen molar-refractivity contribution in [3.05, 3.63) is 59.4 Å². The molecule has 0 radical (unpaired) electrons. The van der Waals surface area contributed by atoms with Crippen molar-refractivity contribution in [3.8, 4) is 11.5 Å². The zero-order valence-corrected chi connectivity index (χ0v) is 15.5. The molecule has 2 rings (SSSR count). The van der Waals surface area contributed by atoms with Crippen LogP contribution in [-0.4, -0.2) is 32.6 Å². The molecule has 0 bridgehead atoms. The first-order valence-corrected chi connectivity index (χ1v) is 8.49. The number of nitrogens with one attached hydrogen (secondary N) is 2. The van der Waals surface area contributed by atoms with Crippen LogP contribution in [0.25, 0.3) is 0 Å². The van der Waals surface area contributed by atoms with Gasteiger partial charge >= 0.3 is 11.8 Å². The topological polar surface area (TPSA) is 76.7 Å². The minimum Gasteiger partial charge on any atom is -0.493 e. The maximum absolute atomic E-state index is 12.9. The van der Waals surface area contributed by atoms with Crippen LogP contribution in [0.5, 0.6) is 11.5 Å². The van der Waals surface area contributed by atoms with Crippen LogP contribution >= 0.6 is 0 Å². The molecule has 2 N–H and O–H groups in total. The highest BCUT2D eigenvalue weighted by Gasteiger charge is 2.17. The summed E-state index contributed by atoms with van der Waals surface area (Å²) in [5, 5.41) is 5.20. The molecule has 1 atom stereocenters. The van der Waals surface area contributed by atoms with Gasteiger partial charge in [0.25, 0.3) is 0 Å². The van der Waals surface area contributed by atoms with E-state index in [9.17, 15) is 14.0 Å². The third-order valence-corrected chi connectivity index (χ3v) is 4.07. The van der Waals surface area contributed by atoms with E-state index in [1.807, 2.05) is 0 Å². The van der Waals surface area contributed by atoms with E-state index < -0.39 is 11.8 Å².